The third kappa shape index (κ3) is 1.58. The molecule has 0 fully saturated rings. The van der Waals surface area contributed by atoms with Crippen LogP contribution in [0.3, 0.4) is 0 Å². The van der Waals surface area contributed by atoms with Crippen LogP contribution < -0.4 is 0 Å². The van der Waals surface area contributed by atoms with E-state index in [1.54, 1.807) is 36.4 Å². The number of rotatable bonds is 2. The van der Waals surface area contributed by atoms with Crippen molar-refractivity contribution in [3.8, 4) is 0 Å². The molecule has 0 aliphatic carbocycles. The molecule has 3 nitrogen and oxygen atoms in total. The van der Waals surface area contributed by atoms with Crippen LogP contribution >= 0.6 is 0 Å². The summed E-state index contributed by atoms with van der Waals surface area (Å²) in [6.07, 6.45) is 1.61. The van der Waals surface area contributed by atoms with Gasteiger partial charge in [-0.05, 0) is 18.2 Å². The Bertz CT molecular complexity index is 446. The maximum atomic E-state index is 11.9. The molecule has 0 saturated heterocycles. The minimum atomic E-state index is -3.30. The molecule has 2 rings (SSSR count). The van der Waals surface area contributed by atoms with E-state index in [0.29, 0.717) is 16.4 Å². The average Bonchev–Trinajstić information content (AvgIpc) is 2.72. The predicted octanol–water partition coefficient (Wildman–Crippen LogP) is 1.37. The smallest absolute Gasteiger partial charge is 0.204 e. The Morgan fingerprint density at radius 2 is 1.86 bits per heavy atom. The van der Waals surface area contributed by atoms with Crippen molar-refractivity contribution < 1.29 is 13.2 Å². The second-order valence-corrected chi connectivity index (χ2v) is 5.00. The second kappa shape index (κ2) is 3.55. The maximum absolute atomic E-state index is 11.9. The largest absolute Gasteiger partial charge is 0.372 e. The zero-order valence-corrected chi connectivity index (χ0v) is 8.33. The lowest BCUT2D eigenvalue weighted by Gasteiger charge is -2.03. The van der Waals surface area contributed by atoms with Crippen molar-refractivity contribution in [1.82, 2.24) is 0 Å². The summed E-state index contributed by atoms with van der Waals surface area (Å²) in [6.45, 7) is 0.582. The van der Waals surface area contributed by atoms with Gasteiger partial charge in [0.05, 0.1) is 23.0 Å². The molecule has 4 heteroatoms. The van der Waals surface area contributed by atoms with Gasteiger partial charge in [0.2, 0.25) is 9.84 Å². The molecule has 1 aliphatic rings. The molecule has 0 aromatic heterocycles. The highest BCUT2D eigenvalue weighted by molar-refractivity contribution is 7.95. The summed E-state index contributed by atoms with van der Waals surface area (Å²) in [5, 5.41) is 0. The first-order valence-corrected chi connectivity index (χ1v) is 5.76. The Kier molecular flexibility index (Phi) is 2.39. The van der Waals surface area contributed by atoms with E-state index in [0.717, 1.165) is 0 Å². The van der Waals surface area contributed by atoms with Crippen molar-refractivity contribution in [3.63, 3.8) is 0 Å². The second-order valence-electron chi connectivity index (χ2n) is 3.00. The number of ether oxygens (including phenoxy) is 1. The van der Waals surface area contributed by atoms with Gasteiger partial charge in [-0.2, -0.15) is 0 Å². The van der Waals surface area contributed by atoms with Crippen molar-refractivity contribution >= 4 is 9.84 Å². The maximum Gasteiger partial charge on any atom is 0.204 e. The number of sulfone groups is 1. The fourth-order valence-electron chi connectivity index (χ4n) is 1.31. The topological polar surface area (TPSA) is 43.4 Å². The summed E-state index contributed by atoms with van der Waals surface area (Å²) >= 11 is 0. The van der Waals surface area contributed by atoms with Gasteiger partial charge in [0.25, 0.3) is 0 Å². The van der Waals surface area contributed by atoms with Gasteiger partial charge in [-0.15, -0.1) is 0 Å². The summed E-state index contributed by atoms with van der Waals surface area (Å²) in [5.74, 6) is 0. The van der Waals surface area contributed by atoms with Crippen molar-refractivity contribution in [1.29, 1.82) is 0 Å². The molecule has 0 spiro atoms. The van der Waals surface area contributed by atoms with E-state index in [4.69, 9.17) is 4.74 Å². The van der Waals surface area contributed by atoms with Gasteiger partial charge in [-0.3, -0.25) is 0 Å². The predicted molar refractivity (Wildman–Crippen MR) is 52.5 cm³/mol. The highest BCUT2D eigenvalue weighted by Gasteiger charge is 2.22. The Balaban J connectivity index is 2.43. The Hall–Kier alpha value is -1.13. The van der Waals surface area contributed by atoms with Gasteiger partial charge in [-0.1, -0.05) is 18.2 Å². The molecule has 0 unspecified atom stereocenters. The summed E-state index contributed by atoms with van der Waals surface area (Å²) in [6, 6.07) is 8.40. The summed E-state index contributed by atoms with van der Waals surface area (Å²) in [5.41, 5.74) is 0. The SMILES string of the molecule is O=S(=O)(C1=CCOC1)c1ccccc1. The monoisotopic (exact) mass is 210 g/mol. The summed E-state index contributed by atoms with van der Waals surface area (Å²) in [4.78, 5) is 0.695. The Labute approximate surface area is 82.9 Å². The van der Waals surface area contributed by atoms with Crippen LogP contribution in [0.15, 0.2) is 46.2 Å². The first-order valence-electron chi connectivity index (χ1n) is 4.28. The van der Waals surface area contributed by atoms with Gasteiger partial charge in [-0.25, -0.2) is 8.42 Å². The van der Waals surface area contributed by atoms with Gasteiger partial charge < -0.3 is 4.74 Å². The van der Waals surface area contributed by atoms with Gasteiger partial charge in [0, 0.05) is 0 Å². The molecular formula is C10H10O3S. The first-order chi connectivity index (χ1) is 6.71. The normalized spacial score (nSPS) is 16.7. The van der Waals surface area contributed by atoms with E-state index in [1.165, 1.54) is 0 Å². The van der Waals surface area contributed by atoms with Crippen LogP contribution in [0.4, 0.5) is 0 Å². The highest BCUT2D eigenvalue weighted by atomic mass is 32.2. The first kappa shape index (κ1) is 9.43. The molecule has 0 saturated carbocycles. The molecule has 74 valence electrons. The summed E-state index contributed by atoms with van der Waals surface area (Å²) < 4.78 is 28.8. The molecule has 1 heterocycles. The van der Waals surface area contributed by atoms with Crippen molar-refractivity contribution in [2.24, 2.45) is 0 Å². The highest BCUT2D eigenvalue weighted by Crippen LogP contribution is 2.21. The third-order valence-corrected chi connectivity index (χ3v) is 3.94. The molecular weight excluding hydrogens is 200 g/mol. The van der Waals surface area contributed by atoms with Crippen LogP contribution in [0.5, 0.6) is 0 Å². The van der Waals surface area contributed by atoms with Crippen LogP contribution in [0, 0.1) is 0 Å². The fourth-order valence-corrected chi connectivity index (χ4v) is 2.65. The van der Waals surface area contributed by atoms with Gasteiger partial charge in [0.15, 0.2) is 0 Å². The lowest BCUT2D eigenvalue weighted by atomic mass is 10.4. The molecule has 0 amide bonds. The molecule has 0 radical (unpaired) electrons. The standard InChI is InChI=1S/C10H10O3S/c11-14(12,10-6-7-13-8-10)9-4-2-1-3-5-9/h1-6H,7-8H2. The minimum Gasteiger partial charge on any atom is -0.372 e. The van der Waals surface area contributed by atoms with Crippen LogP contribution in [0.1, 0.15) is 0 Å². The van der Waals surface area contributed by atoms with E-state index in [9.17, 15) is 8.42 Å². The van der Waals surface area contributed by atoms with E-state index in [1.807, 2.05) is 0 Å². The summed E-state index contributed by atoms with van der Waals surface area (Å²) in [7, 11) is -3.30. The molecule has 1 aromatic carbocycles. The third-order valence-electron chi connectivity index (χ3n) is 2.07. The fraction of sp³-hybridized carbons (Fsp3) is 0.200. The molecule has 1 aromatic rings. The average molecular weight is 210 g/mol. The van der Waals surface area contributed by atoms with E-state index >= 15 is 0 Å². The lowest BCUT2D eigenvalue weighted by Crippen LogP contribution is -2.05. The van der Waals surface area contributed by atoms with Crippen LogP contribution in [0.2, 0.25) is 0 Å². The van der Waals surface area contributed by atoms with Crippen molar-refractivity contribution in [3.05, 3.63) is 41.3 Å². The van der Waals surface area contributed by atoms with E-state index in [2.05, 4.69) is 0 Å². The van der Waals surface area contributed by atoms with E-state index in [-0.39, 0.29) is 6.61 Å². The van der Waals surface area contributed by atoms with Crippen LogP contribution in [-0.4, -0.2) is 21.6 Å². The number of hydrogen-bond acceptors (Lipinski definition) is 3. The zero-order valence-electron chi connectivity index (χ0n) is 7.51. The molecule has 0 bridgehead atoms. The Morgan fingerprint density at radius 3 is 2.43 bits per heavy atom. The quantitative estimate of drug-likeness (QED) is 0.740. The number of benzene rings is 1. The molecule has 0 atom stereocenters. The van der Waals surface area contributed by atoms with Gasteiger partial charge in [0.1, 0.15) is 0 Å². The minimum absolute atomic E-state index is 0.192. The van der Waals surface area contributed by atoms with Crippen molar-refractivity contribution in [2.45, 2.75) is 4.90 Å². The zero-order chi connectivity index (χ0) is 10.0. The van der Waals surface area contributed by atoms with Crippen LogP contribution in [-0.2, 0) is 14.6 Å². The van der Waals surface area contributed by atoms with Gasteiger partial charge >= 0.3 is 0 Å². The lowest BCUT2D eigenvalue weighted by molar-refractivity contribution is 0.211. The van der Waals surface area contributed by atoms with E-state index < -0.39 is 9.84 Å². The Morgan fingerprint density at radius 1 is 1.14 bits per heavy atom. The van der Waals surface area contributed by atoms with Crippen molar-refractivity contribution in [2.75, 3.05) is 13.2 Å². The molecule has 1 aliphatic heterocycles. The van der Waals surface area contributed by atoms with Crippen LogP contribution in [0.25, 0.3) is 0 Å². The number of hydrogen-bond donors (Lipinski definition) is 0. The molecule has 14 heavy (non-hydrogen) atoms. The molecule has 0 N–H and O–H groups in total.